The second-order valence-corrected chi connectivity index (χ2v) is 5.69. The number of carbonyl (C=O) groups is 2. The molecule has 0 unspecified atom stereocenters. The quantitative estimate of drug-likeness (QED) is 0.690. The number of benzene rings is 1. The van der Waals surface area contributed by atoms with E-state index in [1.54, 1.807) is 0 Å². The molecule has 130 valence electrons. The number of carbonyl (C=O) groups excluding carboxylic acids is 2. The Morgan fingerprint density at radius 3 is 2.60 bits per heavy atom. The SMILES string of the molecule is CC(=O)OCc1cc2c([nH]c3ccccc32)c([C@H](O)COC(C)=O)n1. The van der Waals surface area contributed by atoms with Gasteiger partial charge in [-0.3, -0.25) is 9.59 Å². The summed E-state index contributed by atoms with van der Waals surface area (Å²) in [5, 5.41) is 12.2. The molecule has 2 N–H and O–H groups in total. The molecule has 0 fully saturated rings. The first-order chi connectivity index (χ1) is 12.0. The smallest absolute Gasteiger partial charge is 0.303 e. The van der Waals surface area contributed by atoms with E-state index in [0.717, 1.165) is 16.3 Å². The molecule has 25 heavy (non-hydrogen) atoms. The molecule has 7 nitrogen and oxygen atoms in total. The first-order valence-electron chi connectivity index (χ1n) is 7.80. The Bertz CT molecular complexity index is 947. The maximum atomic E-state index is 11.1. The number of aliphatic hydroxyl groups is 1. The molecule has 7 heteroatoms. The first kappa shape index (κ1) is 16.9. The molecule has 3 rings (SSSR count). The number of ether oxygens (including phenoxy) is 2. The highest BCUT2D eigenvalue weighted by molar-refractivity contribution is 6.08. The van der Waals surface area contributed by atoms with Gasteiger partial charge in [0, 0.05) is 30.1 Å². The summed E-state index contributed by atoms with van der Waals surface area (Å²) in [5.41, 5.74) is 2.40. The van der Waals surface area contributed by atoms with Crippen molar-refractivity contribution in [3.63, 3.8) is 0 Å². The highest BCUT2D eigenvalue weighted by Gasteiger charge is 2.19. The second-order valence-electron chi connectivity index (χ2n) is 5.69. The third-order valence-electron chi connectivity index (χ3n) is 3.76. The summed E-state index contributed by atoms with van der Waals surface area (Å²) in [4.78, 5) is 29.7. The summed E-state index contributed by atoms with van der Waals surface area (Å²) >= 11 is 0. The van der Waals surface area contributed by atoms with Crippen molar-refractivity contribution in [3.8, 4) is 0 Å². The molecule has 0 radical (unpaired) electrons. The Morgan fingerprint density at radius 1 is 1.16 bits per heavy atom. The van der Waals surface area contributed by atoms with Gasteiger partial charge in [-0.15, -0.1) is 0 Å². The van der Waals surface area contributed by atoms with Crippen molar-refractivity contribution >= 4 is 33.7 Å². The van der Waals surface area contributed by atoms with Gasteiger partial charge in [0.1, 0.15) is 19.3 Å². The first-order valence-corrected chi connectivity index (χ1v) is 7.80. The van der Waals surface area contributed by atoms with Crippen molar-refractivity contribution in [2.45, 2.75) is 26.6 Å². The molecule has 0 aliphatic heterocycles. The van der Waals surface area contributed by atoms with Gasteiger partial charge in [-0.1, -0.05) is 18.2 Å². The average Bonchev–Trinajstić information content (AvgIpc) is 2.95. The molecule has 0 saturated carbocycles. The van der Waals surface area contributed by atoms with E-state index >= 15 is 0 Å². The van der Waals surface area contributed by atoms with Gasteiger partial charge < -0.3 is 19.6 Å². The van der Waals surface area contributed by atoms with E-state index in [1.807, 2.05) is 30.3 Å². The van der Waals surface area contributed by atoms with E-state index in [9.17, 15) is 14.7 Å². The van der Waals surface area contributed by atoms with Crippen LogP contribution < -0.4 is 0 Å². The molecular formula is C18H18N2O5. The summed E-state index contributed by atoms with van der Waals surface area (Å²) in [6.45, 7) is 2.39. The lowest BCUT2D eigenvalue weighted by atomic mass is 10.1. The number of hydrogen-bond donors (Lipinski definition) is 2. The molecule has 0 aliphatic carbocycles. The minimum Gasteiger partial charge on any atom is -0.463 e. The lowest BCUT2D eigenvalue weighted by Gasteiger charge is -2.13. The number of aliphatic hydroxyl groups excluding tert-OH is 1. The lowest BCUT2D eigenvalue weighted by molar-refractivity contribution is -0.144. The van der Waals surface area contributed by atoms with E-state index in [2.05, 4.69) is 9.97 Å². The summed E-state index contributed by atoms with van der Waals surface area (Å²) in [6.07, 6.45) is -1.10. The number of fused-ring (bicyclic) bond motifs is 3. The van der Waals surface area contributed by atoms with Crippen LogP contribution in [0, 0.1) is 0 Å². The van der Waals surface area contributed by atoms with Crippen LogP contribution >= 0.6 is 0 Å². The molecule has 1 aromatic carbocycles. The van der Waals surface area contributed by atoms with Gasteiger partial charge in [0.25, 0.3) is 0 Å². The van der Waals surface area contributed by atoms with E-state index < -0.39 is 18.0 Å². The Labute approximate surface area is 143 Å². The van der Waals surface area contributed by atoms with Gasteiger partial charge in [0.05, 0.1) is 16.9 Å². The summed E-state index contributed by atoms with van der Waals surface area (Å²) in [6, 6.07) is 9.51. The maximum Gasteiger partial charge on any atom is 0.303 e. The third kappa shape index (κ3) is 3.61. The fourth-order valence-electron chi connectivity index (χ4n) is 2.69. The van der Waals surface area contributed by atoms with Crippen LogP contribution in [0.2, 0.25) is 0 Å². The van der Waals surface area contributed by atoms with Crippen LogP contribution in [-0.4, -0.2) is 33.6 Å². The van der Waals surface area contributed by atoms with E-state index in [1.165, 1.54) is 13.8 Å². The zero-order valence-corrected chi connectivity index (χ0v) is 13.9. The average molecular weight is 342 g/mol. The van der Waals surface area contributed by atoms with Crippen molar-refractivity contribution in [3.05, 3.63) is 41.7 Å². The van der Waals surface area contributed by atoms with Gasteiger partial charge in [-0.05, 0) is 12.1 Å². The normalized spacial score (nSPS) is 12.3. The Balaban J connectivity index is 2.10. The highest BCUT2D eigenvalue weighted by Crippen LogP contribution is 2.30. The van der Waals surface area contributed by atoms with Crippen LogP contribution in [0.1, 0.15) is 31.3 Å². The molecule has 0 amide bonds. The molecule has 0 spiro atoms. The highest BCUT2D eigenvalue weighted by atomic mass is 16.5. The van der Waals surface area contributed by atoms with Crippen LogP contribution in [0.3, 0.4) is 0 Å². The number of pyridine rings is 1. The summed E-state index contributed by atoms with van der Waals surface area (Å²) in [5.74, 6) is -0.897. The molecule has 0 bridgehead atoms. The van der Waals surface area contributed by atoms with E-state index in [4.69, 9.17) is 9.47 Å². The number of H-pyrrole nitrogens is 1. The minimum absolute atomic E-state index is 0.00192. The number of esters is 2. The molecule has 0 saturated heterocycles. The van der Waals surface area contributed by atoms with Gasteiger partial charge in [0.2, 0.25) is 0 Å². The molecule has 3 aromatic rings. The third-order valence-corrected chi connectivity index (χ3v) is 3.76. The van der Waals surface area contributed by atoms with Gasteiger partial charge in [0.15, 0.2) is 0 Å². The fourth-order valence-corrected chi connectivity index (χ4v) is 2.69. The number of nitrogens with one attached hydrogen (secondary N) is 1. The predicted molar refractivity (Wildman–Crippen MR) is 90.7 cm³/mol. The standard InChI is InChI=1S/C18H18N2O5/c1-10(21)24-8-12-7-14-13-5-3-4-6-15(13)20-17(14)18(19-12)16(23)9-25-11(2)22/h3-7,16,20,23H,8-9H2,1-2H3/t16-/m1/s1. The Kier molecular flexibility index (Phi) is 4.67. The lowest BCUT2D eigenvalue weighted by Crippen LogP contribution is -2.13. The molecule has 2 aromatic heterocycles. The van der Waals surface area contributed by atoms with Crippen LogP contribution in [0.5, 0.6) is 0 Å². The van der Waals surface area contributed by atoms with Crippen molar-refractivity contribution in [2.24, 2.45) is 0 Å². The van der Waals surface area contributed by atoms with Crippen molar-refractivity contribution in [1.29, 1.82) is 0 Å². The number of aromatic amines is 1. The predicted octanol–water partition coefficient (Wildman–Crippen LogP) is 2.38. The number of nitrogens with zero attached hydrogens (tertiary/aromatic N) is 1. The summed E-state index contributed by atoms with van der Waals surface area (Å²) in [7, 11) is 0. The number of rotatable bonds is 5. The number of hydrogen-bond acceptors (Lipinski definition) is 6. The zero-order valence-electron chi connectivity index (χ0n) is 13.9. The van der Waals surface area contributed by atoms with Crippen LogP contribution in [0.15, 0.2) is 30.3 Å². The second kappa shape index (κ2) is 6.90. The maximum absolute atomic E-state index is 11.1. The van der Waals surface area contributed by atoms with Crippen LogP contribution in [0.4, 0.5) is 0 Å². The fraction of sp³-hybridized carbons (Fsp3) is 0.278. The minimum atomic E-state index is -1.10. The Hall–Kier alpha value is -2.93. The topological polar surface area (TPSA) is 102 Å². The molecule has 0 aliphatic rings. The van der Waals surface area contributed by atoms with Crippen molar-refractivity contribution in [1.82, 2.24) is 9.97 Å². The number of para-hydroxylation sites is 1. The van der Waals surface area contributed by atoms with Crippen molar-refractivity contribution in [2.75, 3.05) is 6.61 Å². The molecule has 1 atom stereocenters. The van der Waals surface area contributed by atoms with E-state index in [-0.39, 0.29) is 13.2 Å². The Morgan fingerprint density at radius 2 is 1.88 bits per heavy atom. The van der Waals surface area contributed by atoms with Crippen LogP contribution in [-0.2, 0) is 25.7 Å². The van der Waals surface area contributed by atoms with Crippen LogP contribution in [0.25, 0.3) is 21.8 Å². The number of aromatic nitrogens is 2. The van der Waals surface area contributed by atoms with E-state index in [0.29, 0.717) is 16.9 Å². The monoisotopic (exact) mass is 342 g/mol. The summed E-state index contributed by atoms with van der Waals surface area (Å²) < 4.78 is 9.91. The van der Waals surface area contributed by atoms with Gasteiger partial charge in [-0.2, -0.15) is 0 Å². The largest absolute Gasteiger partial charge is 0.463 e. The van der Waals surface area contributed by atoms with Gasteiger partial charge >= 0.3 is 11.9 Å². The molecule has 2 heterocycles. The zero-order chi connectivity index (χ0) is 18.0. The van der Waals surface area contributed by atoms with Gasteiger partial charge in [-0.25, -0.2) is 4.98 Å². The molecular weight excluding hydrogens is 324 g/mol. The van der Waals surface area contributed by atoms with Crippen molar-refractivity contribution < 1.29 is 24.2 Å².